The van der Waals surface area contributed by atoms with Gasteiger partial charge in [-0.3, -0.25) is 14.9 Å². The molecule has 0 aromatic heterocycles. The number of amides is 1. The number of nitrogens with one attached hydrogen (secondary N) is 1. The Morgan fingerprint density at radius 1 is 1.56 bits per heavy atom. The Balaban J connectivity index is 2.21. The van der Waals surface area contributed by atoms with Crippen molar-refractivity contribution >= 4 is 23.2 Å². The van der Waals surface area contributed by atoms with Crippen molar-refractivity contribution in [3.05, 3.63) is 38.9 Å². The number of carbonyl (C=O) groups excluding carboxylic acids is 1. The second kappa shape index (κ2) is 4.55. The largest absolute Gasteiger partial charge is 0.394 e. The summed E-state index contributed by atoms with van der Waals surface area (Å²) in [6.45, 7) is -0.131. The molecule has 1 aliphatic rings. The Labute approximate surface area is 108 Å². The van der Waals surface area contributed by atoms with E-state index in [-0.39, 0.29) is 22.9 Å². The van der Waals surface area contributed by atoms with Crippen LogP contribution in [0.1, 0.15) is 23.2 Å². The number of rotatable bonds is 4. The average molecular weight is 271 g/mol. The number of carbonyl (C=O) groups is 1. The number of hydrogen-bond donors (Lipinski definition) is 2. The van der Waals surface area contributed by atoms with Gasteiger partial charge in [-0.1, -0.05) is 11.6 Å². The van der Waals surface area contributed by atoms with Crippen molar-refractivity contribution < 1.29 is 14.8 Å². The zero-order valence-corrected chi connectivity index (χ0v) is 10.1. The lowest BCUT2D eigenvalue weighted by molar-refractivity contribution is -0.384. The molecule has 1 aromatic rings. The van der Waals surface area contributed by atoms with Gasteiger partial charge in [-0.25, -0.2) is 0 Å². The van der Waals surface area contributed by atoms with Crippen LogP contribution in [0.15, 0.2) is 18.2 Å². The highest BCUT2D eigenvalue weighted by Crippen LogP contribution is 2.35. The quantitative estimate of drug-likeness (QED) is 0.640. The van der Waals surface area contributed by atoms with Crippen LogP contribution in [0.3, 0.4) is 0 Å². The molecule has 2 N–H and O–H groups in total. The fourth-order valence-electron chi connectivity index (χ4n) is 1.58. The van der Waals surface area contributed by atoms with E-state index in [0.717, 1.165) is 6.07 Å². The second-order valence-electron chi connectivity index (χ2n) is 4.32. The predicted molar refractivity (Wildman–Crippen MR) is 64.6 cm³/mol. The minimum atomic E-state index is -0.641. The number of benzene rings is 1. The van der Waals surface area contributed by atoms with Crippen LogP contribution in [-0.2, 0) is 0 Å². The highest BCUT2D eigenvalue weighted by Gasteiger charge is 2.43. The lowest BCUT2D eigenvalue weighted by Gasteiger charge is -2.14. The van der Waals surface area contributed by atoms with Gasteiger partial charge in [0, 0.05) is 11.6 Å². The van der Waals surface area contributed by atoms with E-state index in [1.807, 2.05) is 0 Å². The van der Waals surface area contributed by atoms with Crippen LogP contribution in [0.4, 0.5) is 5.69 Å². The van der Waals surface area contributed by atoms with E-state index in [1.54, 1.807) is 0 Å². The molecular formula is C11H11ClN2O4. The SMILES string of the molecule is O=C(NC1(CO)CC1)c1ccc(Cl)c([N+](=O)[O-])c1. The molecule has 6 nitrogen and oxygen atoms in total. The zero-order chi connectivity index (χ0) is 13.3. The van der Waals surface area contributed by atoms with Gasteiger partial charge in [0.25, 0.3) is 11.6 Å². The Kier molecular flexibility index (Phi) is 3.23. The molecule has 7 heteroatoms. The summed E-state index contributed by atoms with van der Waals surface area (Å²) in [4.78, 5) is 21.9. The molecule has 96 valence electrons. The topological polar surface area (TPSA) is 92.5 Å². The van der Waals surface area contributed by atoms with Gasteiger partial charge in [-0.2, -0.15) is 0 Å². The summed E-state index contributed by atoms with van der Waals surface area (Å²) in [6, 6.07) is 3.86. The maximum atomic E-state index is 11.9. The van der Waals surface area contributed by atoms with Gasteiger partial charge in [0.15, 0.2) is 0 Å². The first-order chi connectivity index (χ1) is 8.47. The molecule has 1 aliphatic carbocycles. The number of aliphatic hydroxyl groups is 1. The molecule has 1 aromatic carbocycles. The summed E-state index contributed by atoms with van der Waals surface area (Å²) in [6.07, 6.45) is 1.43. The van der Waals surface area contributed by atoms with Crippen molar-refractivity contribution in [2.75, 3.05) is 6.61 Å². The third kappa shape index (κ3) is 2.44. The maximum Gasteiger partial charge on any atom is 0.288 e. The highest BCUT2D eigenvalue weighted by molar-refractivity contribution is 6.32. The van der Waals surface area contributed by atoms with Crippen molar-refractivity contribution in [2.24, 2.45) is 0 Å². The molecule has 1 fully saturated rings. The molecule has 0 heterocycles. The summed E-state index contributed by atoms with van der Waals surface area (Å²) in [7, 11) is 0. The van der Waals surface area contributed by atoms with Gasteiger partial charge in [-0.15, -0.1) is 0 Å². The van der Waals surface area contributed by atoms with E-state index in [2.05, 4.69) is 5.32 Å². The molecule has 0 radical (unpaired) electrons. The van der Waals surface area contributed by atoms with Crippen LogP contribution in [0, 0.1) is 10.1 Å². The predicted octanol–water partition coefficient (Wildman–Crippen LogP) is 1.50. The molecule has 0 unspecified atom stereocenters. The molecule has 0 saturated heterocycles. The first-order valence-electron chi connectivity index (χ1n) is 5.35. The molecule has 1 amide bonds. The van der Waals surface area contributed by atoms with Crippen LogP contribution >= 0.6 is 11.6 Å². The summed E-state index contributed by atoms with van der Waals surface area (Å²) >= 11 is 5.66. The second-order valence-corrected chi connectivity index (χ2v) is 4.72. The van der Waals surface area contributed by atoms with Crippen LogP contribution in [0.2, 0.25) is 5.02 Å². The fraction of sp³-hybridized carbons (Fsp3) is 0.364. The summed E-state index contributed by atoms with van der Waals surface area (Å²) in [5.41, 5.74) is -0.699. The molecule has 0 aliphatic heterocycles. The van der Waals surface area contributed by atoms with Crippen LogP contribution < -0.4 is 5.32 Å². The Morgan fingerprint density at radius 3 is 2.72 bits per heavy atom. The minimum Gasteiger partial charge on any atom is -0.394 e. The molecule has 0 spiro atoms. The smallest absolute Gasteiger partial charge is 0.288 e. The number of nitro groups is 1. The molecule has 2 rings (SSSR count). The standard InChI is InChI=1S/C11H11ClN2O4/c12-8-2-1-7(5-9(8)14(17)18)10(16)13-11(6-15)3-4-11/h1-2,5,15H,3-4,6H2,(H,13,16). The van der Waals surface area contributed by atoms with Gasteiger partial charge in [0.1, 0.15) is 5.02 Å². The van der Waals surface area contributed by atoms with Gasteiger partial charge < -0.3 is 10.4 Å². The maximum absolute atomic E-state index is 11.9. The first-order valence-corrected chi connectivity index (χ1v) is 5.72. The summed E-state index contributed by atoms with van der Waals surface area (Å²) in [5.74, 6) is -0.443. The summed E-state index contributed by atoms with van der Waals surface area (Å²) < 4.78 is 0. The van der Waals surface area contributed by atoms with E-state index in [1.165, 1.54) is 12.1 Å². The number of hydrogen-bond acceptors (Lipinski definition) is 4. The summed E-state index contributed by atoms with van der Waals surface area (Å²) in [5, 5.41) is 22.4. The van der Waals surface area contributed by atoms with Crippen LogP contribution in [0.5, 0.6) is 0 Å². The number of nitro benzene ring substituents is 1. The highest BCUT2D eigenvalue weighted by atomic mass is 35.5. The third-order valence-corrected chi connectivity index (χ3v) is 3.26. The number of nitrogens with zero attached hydrogens (tertiary/aromatic N) is 1. The Morgan fingerprint density at radius 2 is 2.22 bits per heavy atom. The molecule has 18 heavy (non-hydrogen) atoms. The lowest BCUT2D eigenvalue weighted by Crippen LogP contribution is -2.39. The van der Waals surface area contributed by atoms with E-state index in [4.69, 9.17) is 16.7 Å². The number of aliphatic hydroxyl groups excluding tert-OH is 1. The molecule has 0 bridgehead atoms. The third-order valence-electron chi connectivity index (χ3n) is 2.94. The van der Waals surface area contributed by atoms with E-state index in [9.17, 15) is 14.9 Å². The van der Waals surface area contributed by atoms with Gasteiger partial charge in [0.05, 0.1) is 17.1 Å². The molecule has 1 saturated carbocycles. The molecule has 0 atom stereocenters. The van der Waals surface area contributed by atoms with Crippen molar-refractivity contribution in [1.29, 1.82) is 0 Å². The average Bonchev–Trinajstić information content (AvgIpc) is 3.09. The van der Waals surface area contributed by atoms with E-state index < -0.39 is 16.4 Å². The lowest BCUT2D eigenvalue weighted by atomic mass is 10.1. The monoisotopic (exact) mass is 270 g/mol. The van der Waals surface area contributed by atoms with Gasteiger partial charge >= 0.3 is 0 Å². The van der Waals surface area contributed by atoms with Crippen LogP contribution in [0.25, 0.3) is 0 Å². The van der Waals surface area contributed by atoms with Crippen LogP contribution in [-0.4, -0.2) is 28.1 Å². The fourth-order valence-corrected chi connectivity index (χ4v) is 1.77. The Bertz CT molecular complexity index is 514. The minimum absolute atomic E-state index is 0.0140. The van der Waals surface area contributed by atoms with E-state index >= 15 is 0 Å². The van der Waals surface area contributed by atoms with Crippen molar-refractivity contribution in [3.63, 3.8) is 0 Å². The Hall–Kier alpha value is -1.66. The first kappa shape index (κ1) is 12.8. The normalized spacial score (nSPS) is 16.1. The number of halogens is 1. The van der Waals surface area contributed by atoms with Crippen molar-refractivity contribution in [3.8, 4) is 0 Å². The van der Waals surface area contributed by atoms with Crippen molar-refractivity contribution in [1.82, 2.24) is 5.32 Å². The van der Waals surface area contributed by atoms with E-state index in [0.29, 0.717) is 12.8 Å². The van der Waals surface area contributed by atoms with Gasteiger partial charge in [-0.05, 0) is 25.0 Å². The van der Waals surface area contributed by atoms with Crippen molar-refractivity contribution in [2.45, 2.75) is 18.4 Å². The van der Waals surface area contributed by atoms with Gasteiger partial charge in [0.2, 0.25) is 0 Å². The molecular weight excluding hydrogens is 260 g/mol. The zero-order valence-electron chi connectivity index (χ0n) is 9.35.